The summed E-state index contributed by atoms with van der Waals surface area (Å²) < 4.78 is 6.72. The zero-order chi connectivity index (χ0) is 23.8. The highest BCUT2D eigenvalue weighted by Gasteiger charge is 2.27. The predicted octanol–water partition coefficient (Wildman–Crippen LogP) is 5.62. The summed E-state index contributed by atoms with van der Waals surface area (Å²) in [5.41, 5.74) is 2.08. The van der Waals surface area contributed by atoms with Crippen LogP contribution in [-0.4, -0.2) is 35.9 Å². The van der Waals surface area contributed by atoms with Crippen LogP contribution in [0.4, 0.5) is 0 Å². The molecule has 0 radical (unpaired) electrons. The molecule has 0 fully saturated rings. The summed E-state index contributed by atoms with van der Waals surface area (Å²) in [6, 6.07) is 19.1. The normalized spacial score (nSPS) is 11.8. The van der Waals surface area contributed by atoms with E-state index in [4.69, 9.17) is 4.74 Å². The van der Waals surface area contributed by atoms with E-state index in [0.29, 0.717) is 18.8 Å². The number of hydrogen-bond acceptors (Lipinski definition) is 3. The maximum atomic E-state index is 13.3. The molecule has 0 spiro atoms. The maximum Gasteiger partial charge on any atom is 0.261 e. The van der Waals surface area contributed by atoms with Gasteiger partial charge in [0.05, 0.1) is 4.47 Å². The molecule has 0 bridgehead atoms. The molecule has 5 nitrogen and oxygen atoms in total. The molecular formula is C27H31BrN2O3. The van der Waals surface area contributed by atoms with Gasteiger partial charge in [0.15, 0.2) is 6.61 Å². The Morgan fingerprint density at radius 2 is 1.79 bits per heavy atom. The molecular weight excluding hydrogens is 480 g/mol. The first-order chi connectivity index (χ1) is 15.9. The predicted molar refractivity (Wildman–Crippen MR) is 136 cm³/mol. The summed E-state index contributed by atoms with van der Waals surface area (Å²) in [6.45, 7) is 6.64. The number of nitrogens with zero attached hydrogens (tertiary/aromatic N) is 1. The van der Waals surface area contributed by atoms with Gasteiger partial charge in [0.1, 0.15) is 11.8 Å². The summed E-state index contributed by atoms with van der Waals surface area (Å²) in [5, 5.41) is 5.04. The molecule has 0 aliphatic carbocycles. The Balaban J connectivity index is 1.77. The minimum Gasteiger partial charge on any atom is -0.483 e. The minimum absolute atomic E-state index is 0.155. The monoisotopic (exact) mass is 510 g/mol. The number of nitrogens with one attached hydrogen (secondary N) is 1. The van der Waals surface area contributed by atoms with Crippen molar-refractivity contribution in [2.24, 2.45) is 0 Å². The van der Waals surface area contributed by atoms with Gasteiger partial charge in [-0.05, 0) is 64.2 Å². The van der Waals surface area contributed by atoms with E-state index in [1.165, 1.54) is 0 Å². The van der Waals surface area contributed by atoms with Gasteiger partial charge >= 0.3 is 0 Å². The first-order valence-electron chi connectivity index (χ1n) is 11.3. The van der Waals surface area contributed by atoms with Crippen molar-refractivity contribution in [1.29, 1.82) is 0 Å². The quantitative estimate of drug-likeness (QED) is 0.360. The maximum absolute atomic E-state index is 13.3. The first-order valence-corrected chi connectivity index (χ1v) is 12.1. The second-order valence-corrected chi connectivity index (χ2v) is 8.95. The number of halogens is 1. The lowest BCUT2D eigenvalue weighted by Gasteiger charge is -2.29. The summed E-state index contributed by atoms with van der Waals surface area (Å²) in [6.07, 6.45) is 1.90. The van der Waals surface area contributed by atoms with Crippen LogP contribution in [0.1, 0.15) is 37.8 Å². The lowest BCUT2D eigenvalue weighted by atomic mass is 10.1. The fourth-order valence-corrected chi connectivity index (χ4v) is 4.24. The number of rotatable bonds is 10. The van der Waals surface area contributed by atoms with Gasteiger partial charge in [-0.1, -0.05) is 67.9 Å². The van der Waals surface area contributed by atoms with E-state index in [9.17, 15) is 9.59 Å². The molecule has 0 saturated carbocycles. The van der Waals surface area contributed by atoms with Crippen molar-refractivity contribution in [3.63, 3.8) is 0 Å². The number of benzene rings is 3. The van der Waals surface area contributed by atoms with Crippen molar-refractivity contribution in [3.8, 4) is 5.75 Å². The topological polar surface area (TPSA) is 58.6 Å². The van der Waals surface area contributed by atoms with Gasteiger partial charge in [0, 0.05) is 13.1 Å². The molecule has 174 valence electrons. The van der Waals surface area contributed by atoms with E-state index in [-0.39, 0.29) is 18.4 Å². The average molecular weight is 511 g/mol. The zero-order valence-corrected chi connectivity index (χ0v) is 21.0. The molecule has 33 heavy (non-hydrogen) atoms. The molecule has 1 unspecified atom stereocenters. The third-order valence-electron chi connectivity index (χ3n) is 5.78. The van der Waals surface area contributed by atoms with Crippen LogP contribution in [0.2, 0.25) is 0 Å². The number of aryl methyl sites for hydroxylation is 1. The van der Waals surface area contributed by atoms with Gasteiger partial charge in [0.25, 0.3) is 5.91 Å². The van der Waals surface area contributed by atoms with Crippen LogP contribution in [0.25, 0.3) is 10.8 Å². The molecule has 3 aromatic carbocycles. The lowest BCUT2D eigenvalue weighted by Crippen LogP contribution is -2.49. The number of ether oxygens (including phenoxy) is 1. The van der Waals surface area contributed by atoms with Crippen LogP contribution in [0.3, 0.4) is 0 Å². The second kappa shape index (κ2) is 11.8. The Bertz CT molecular complexity index is 1120. The molecule has 0 saturated heterocycles. The SMILES string of the molecule is CCCCNC(=O)C(C)N(Cc1ccccc1C)C(=O)COc1ccc2ccccc2c1Br. The van der Waals surface area contributed by atoms with Gasteiger partial charge in [-0.3, -0.25) is 9.59 Å². The molecule has 0 aromatic heterocycles. The Kier molecular flexibility index (Phi) is 8.89. The van der Waals surface area contributed by atoms with Gasteiger partial charge in [-0.15, -0.1) is 0 Å². The van der Waals surface area contributed by atoms with Crippen LogP contribution in [0, 0.1) is 6.92 Å². The minimum atomic E-state index is -0.613. The number of fused-ring (bicyclic) bond motifs is 1. The van der Waals surface area contributed by atoms with Crippen LogP contribution in [0.5, 0.6) is 5.75 Å². The second-order valence-electron chi connectivity index (χ2n) is 8.16. The highest BCUT2D eigenvalue weighted by atomic mass is 79.9. The van der Waals surface area contributed by atoms with E-state index in [1.807, 2.05) is 67.6 Å². The highest BCUT2D eigenvalue weighted by Crippen LogP contribution is 2.33. The average Bonchev–Trinajstić information content (AvgIpc) is 2.82. The molecule has 3 rings (SSSR count). The van der Waals surface area contributed by atoms with Crippen molar-refractivity contribution in [2.45, 2.75) is 46.2 Å². The summed E-state index contributed by atoms with van der Waals surface area (Å²) >= 11 is 3.61. The Hall–Kier alpha value is -2.86. The van der Waals surface area contributed by atoms with Crippen LogP contribution in [0.15, 0.2) is 65.1 Å². The Labute approximate surface area is 204 Å². The molecule has 0 heterocycles. The fraction of sp³-hybridized carbons (Fsp3) is 0.333. The molecule has 2 amide bonds. The standard InChI is InChI=1S/C27H31BrN2O3/c1-4-5-16-29-27(32)20(3)30(17-22-12-7-6-10-19(22)2)25(31)18-33-24-15-14-21-11-8-9-13-23(21)26(24)28/h6-15,20H,4-5,16-18H2,1-3H3,(H,29,32). The van der Waals surface area contributed by atoms with Crippen molar-refractivity contribution in [1.82, 2.24) is 10.2 Å². The molecule has 3 aromatic rings. The number of hydrogen-bond donors (Lipinski definition) is 1. The van der Waals surface area contributed by atoms with E-state index in [0.717, 1.165) is 39.2 Å². The van der Waals surface area contributed by atoms with Crippen LogP contribution < -0.4 is 10.1 Å². The number of amides is 2. The van der Waals surface area contributed by atoms with Gasteiger partial charge in [0.2, 0.25) is 5.91 Å². The number of carbonyl (C=O) groups is 2. The number of carbonyl (C=O) groups excluding carboxylic acids is 2. The van der Waals surface area contributed by atoms with Crippen LogP contribution in [-0.2, 0) is 16.1 Å². The number of unbranched alkanes of at least 4 members (excludes halogenated alkanes) is 1. The van der Waals surface area contributed by atoms with Crippen molar-refractivity contribution >= 4 is 38.5 Å². The van der Waals surface area contributed by atoms with Gasteiger partial charge < -0.3 is 15.0 Å². The van der Waals surface area contributed by atoms with Crippen molar-refractivity contribution in [3.05, 3.63) is 76.3 Å². The van der Waals surface area contributed by atoms with E-state index in [2.05, 4.69) is 28.2 Å². The summed E-state index contributed by atoms with van der Waals surface area (Å²) in [7, 11) is 0. The smallest absolute Gasteiger partial charge is 0.261 e. The van der Waals surface area contributed by atoms with E-state index in [1.54, 1.807) is 11.8 Å². The van der Waals surface area contributed by atoms with E-state index < -0.39 is 6.04 Å². The van der Waals surface area contributed by atoms with Crippen molar-refractivity contribution in [2.75, 3.05) is 13.2 Å². The summed E-state index contributed by atoms with van der Waals surface area (Å²) in [5.74, 6) is 0.201. The Morgan fingerprint density at radius 3 is 2.55 bits per heavy atom. The van der Waals surface area contributed by atoms with Crippen LogP contribution >= 0.6 is 15.9 Å². The Morgan fingerprint density at radius 1 is 1.06 bits per heavy atom. The largest absolute Gasteiger partial charge is 0.483 e. The summed E-state index contributed by atoms with van der Waals surface area (Å²) in [4.78, 5) is 27.6. The van der Waals surface area contributed by atoms with Gasteiger partial charge in [-0.2, -0.15) is 0 Å². The third-order valence-corrected chi connectivity index (χ3v) is 6.60. The highest BCUT2D eigenvalue weighted by molar-refractivity contribution is 9.10. The molecule has 1 N–H and O–H groups in total. The lowest BCUT2D eigenvalue weighted by molar-refractivity contribution is -0.142. The van der Waals surface area contributed by atoms with E-state index >= 15 is 0 Å². The molecule has 0 aliphatic heterocycles. The van der Waals surface area contributed by atoms with Gasteiger partial charge in [-0.25, -0.2) is 0 Å². The molecule has 6 heteroatoms. The fourth-order valence-electron chi connectivity index (χ4n) is 3.64. The van der Waals surface area contributed by atoms with Crippen molar-refractivity contribution < 1.29 is 14.3 Å². The molecule has 1 atom stereocenters. The first kappa shape index (κ1) is 24.8. The molecule has 0 aliphatic rings. The zero-order valence-electron chi connectivity index (χ0n) is 19.4. The third kappa shape index (κ3) is 6.35.